The van der Waals surface area contributed by atoms with Crippen molar-refractivity contribution in [1.82, 2.24) is 0 Å². The van der Waals surface area contributed by atoms with Gasteiger partial charge in [-0.2, -0.15) is 0 Å². The molecule has 1 amide bonds. The van der Waals surface area contributed by atoms with E-state index in [1.807, 2.05) is 0 Å². The Labute approximate surface area is 64.1 Å². The topological polar surface area (TPSA) is 89.6 Å². The largest absolute Gasteiger partial charge is 0.464 e. The normalized spacial score (nSPS) is 12.2. The SMILES string of the molecule is CCOC(=O)C(O)CC(N)=O. The third-order valence-electron chi connectivity index (χ3n) is 0.953. The first-order valence-corrected chi connectivity index (χ1v) is 3.21. The van der Waals surface area contributed by atoms with E-state index in [4.69, 9.17) is 10.8 Å². The average molecular weight is 161 g/mol. The lowest BCUT2D eigenvalue weighted by molar-refractivity contribution is -0.154. The van der Waals surface area contributed by atoms with Crippen LogP contribution >= 0.6 is 0 Å². The molecule has 64 valence electrons. The highest BCUT2D eigenvalue weighted by Crippen LogP contribution is 1.93. The lowest BCUT2D eigenvalue weighted by Crippen LogP contribution is -2.28. The molecule has 0 aliphatic carbocycles. The van der Waals surface area contributed by atoms with E-state index >= 15 is 0 Å². The molecule has 11 heavy (non-hydrogen) atoms. The van der Waals surface area contributed by atoms with E-state index in [1.165, 1.54) is 0 Å². The predicted octanol–water partition coefficient (Wildman–Crippen LogP) is -1.21. The molecule has 5 heteroatoms. The number of amides is 1. The van der Waals surface area contributed by atoms with Crippen molar-refractivity contribution in [1.29, 1.82) is 0 Å². The molecule has 0 fully saturated rings. The molecule has 0 aromatic heterocycles. The summed E-state index contributed by atoms with van der Waals surface area (Å²) in [7, 11) is 0. The molecule has 0 rings (SSSR count). The fraction of sp³-hybridized carbons (Fsp3) is 0.667. The van der Waals surface area contributed by atoms with E-state index in [0.717, 1.165) is 0 Å². The van der Waals surface area contributed by atoms with E-state index < -0.39 is 24.4 Å². The predicted molar refractivity (Wildman–Crippen MR) is 36.5 cm³/mol. The summed E-state index contributed by atoms with van der Waals surface area (Å²) in [4.78, 5) is 20.8. The van der Waals surface area contributed by atoms with Gasteiger partial charge in [0, 0.05) is 0 Å². The van der Waals surface area contributed by atoms with Gasteiger partial charge in [-0.1, -0.05) is 0 Å². The molecule has 1 atom stereocenters. The van der Waals surface area contributed by atoms with Crippen LogP contribution in [0.4, 0.5) is 0 Å². The minimum absolute atomic E-state index is 0.175. The molecule has 5 nitrogen and oxygen atoms in total. The second kappa shape index (κ2) is 4.68. The number of carbonyl (C=O) groups excluding carboxylic acids is 2. The summed E-state index contributed by atoms with van der Waals surface area (Å²) in [6.45, 7) is 1.78. The van der Waals surface area contributed by atoms with Gasteiger partial charge in [-0.05, 0) is 6.92 Å². The zero-order chi connectivity index (χ0) is 8.85. The first-order chi connectivity index (χ1) is 5.07. The number of hydrogen-bond acceptors (Lipinski definition) is 4. The van der Waals surface area contributed by atoms with Crippen LogP contribution in [0.2, 0.25) is 0 Å². The van der Waals surface area contributed by atoms with Crippen molar-refractivity contribution in [2.45, 2.75) is 19.4 Å². The molecular formula is C6H11NO4. The molecule has 1 unspecified atom stereocenters. The Balaban J connectivity index is 3.73. The average Bonchev–Trinajstić information content (AvgIpc) is 1.86. The Hall–Kier alpha value is -1.10. The first-order valence-electron chi connectivity index (χ1n) is 3.21. The van der Waals surface area contributed by atoms with E-state index in [9.17, 15) is 9.59 Å². The Morgan fingerprint density at radius 2 is 2.18 bits per heavy atom. The monoisotopic (exact) mass is 161 g/mol. The Kier molecular flexibility index (Phi) is 4.21. The van der Waals surface area contributed by atoms with E-state index in [-0.39, 0.29) is 6.61 Å². The number of carbonyl (C=O) groups is 2. The standard InChI is InChI=1S/C6H11NO4/c1-2-11-6(10)4(8)3-5(7)9/h4,8H,2-3H2,1H3,(H2,7,9). The third-order valence-corrected chi connectivity index (χ3v) is 0.953. The van der Waals surface area contributed by atoms with Crippen molar-refractivity contribution >= 4 is 11.9 Å². The molecule has 0 bridgehead atoms. The third kappa shape index (κ3) is 4.32. The number of rotatable bonds is 4. The fourth-order valence-electron chi connectivity index (χ4n) is 0.512. The number of nitrogens with two attached hydrogens (primary N) is 1. The van der Waals surface area contributed by atoms with Crippen LogP contribution in [0.1, 0.15) is 13.3 Å². The summed E-state index contributed by atoms with van der Waals surface area (Å²) in [5.41, 5.74) is 4.72. The van der Waals surface area contributed by atoms with Gasteiger partial charge in [-0.15, -0.1) is 0 Å². The van der Waals surface area contributed by atoms with E-state index in [0.29, 0.717) is 0 Å². The van der Waals surface area contributed by atoms with Gasteiger partial charge in [-0.25, -0.2) is 4.79 Å². The number of aliphatic hydroxyl groups excluding tert-OH is 1. The summed E-state index contributed by atoms with van der Waals surface area (Å²) in [6.07, 6.45) is -1.81. The molecule has 0 spiro atoms. The smallest absolute Gasteiger partial charge is 0.335 e. The van der Waals surface area contributed by atoms with Gasteiger partial charge in [0.2, 0.25) is 5.91 Å². The van der Waals surface area contributed by atoms with Gasteiger partial charge in [0.1, 0.15) is 0 Å². The zero-order valence-corrected chi connectivity index (χ0v) is 6.24. The minimum Gasteiger partial charge on any atom is -0.464 e. The Morgan fingerprint density at radius 3 is 2.55 bits per heavy atom. The molecule has 0 saturated heterocycles. The summed E-state index contributed by atoms with van der Waals surface area (Å²) in [5.74, 6) is -1.54. The van der Waals surface area contributed by atoms with Gasteiger partial charge in [0.05, 0.1) is 13.0 Å². The molecule has 0 saturated carbocycles. The molecule has 0 heterocycles. The van der Waals surface area contributed by atoms with Gasteiger partial charge in [0.25, 0.3) is 0 Å². The van der Waals surface area contributed by atoms with E-state index in [1.54, 1.807) is 6.92 Å². The highest BCUT2D eigenvalue weighted by molar-refractivity contribution is 5.83. The zero-order valence-electron chi connectivity index (χ0n) is 6.24. The number of primary amides is 1. The van der Waals surface area contributed by atoms with Crippen LogP contribution in [0.25, 0.3) is 0 Å². The summed E-state index contributed by atoms with van der Waals surface area (Å²) >= 11 is 0. The van der Waals surface area contributed by atoms with Crippen molar-refractivity contribution in [3.63, 3.8) is 0 Å². The highest BCUT2D eigenvalue weighted by Gasteiger charge is 2.17. The first kappa shape index (κ1) is 9.90. The van der Waals surface area contributed by atoms with Crippen molar-refractivity contribution in [3.8, 4) is 0 Å². The van der Waals surface area contributed by atoms with Gasteiger partial charge in [0.15, 0.2) is 6.10 Å². The van der Waals surface area contributed by atoms with Crippen molar-refractivity contribution in [3.05, 3.63) is 0 Å². The van der Waals surface area contributed by atoms with Crippen LogP contribution in [0.5, 0.6) is 0 Å². The van der Waals surface area contributed by atoms with Crippen LogP contribution in [0.15, 0.2) is 0 Å². The van der Waals surface area contributed by atoms with Crippen LogP contribution < -0.4 is 5.73 Å². The molecule has 0 aliphatic heterocycles. The quantitative estimate of drug-likeness (QED) is 0.506. The second-order valence-corrected chi connectivity index (χ2v) is 1.94. The number of esters is 1. The van der Waals surface area contributed by atoms with E-state index in [2.05, 4.69) is 4.74 Å². The van der Waals surface area contributed by atoms with Crippen molar-refractivity contribution in [2.24, 2.45) is 5.73 Å². The molecular weight excluding hydrogens is 150 g/mol. The maximum Gasteiger partial charge on any atom is 0.335 e. The van der Waals surface area contributed by atoms with Crippen LogP contribution in [-0.4, -0.2) is 29.7 Å². The molecule has 0 radical (unpaired) electrons. The van der Waals surface area contributed by atoms with Crippen LogP contribution in [-0.2, 0) is 14.3 Å². The van der Waals surface area contributed by atoms with Crippen molar-refractivity contribution in [2.75, 3.05) is 6.61 Å². The highest BCUT2D eigenvalue weighted by atomic mass is 16.5. The summed E-state index contributed by atoms with van der Waals surface area (Å²) < 4.78 is 4.41. The lowest BCUT2D eigenvalue weighted by atomic mass is 10.2. The fourth-order valence-corrected chi connectivity index (χ4v) is 0.512. The van der Waals surface area contributed by atoms with Gasteiger partial charge >= 0.3 is 5.97 Å². The van der Waals surface area contributed by atoms with Crippen LogP contribution in [0.3, 0.4) is 0 Å². The Bertz CT molecular complexity index is 157. The summed E-state index contributed by atoms with van der Waals surface area (Å²) in [6, 6.07) is 0. The second-order valence-electron chi connectivity index (χ2n) is 1.94. The van der Waals surface area contributed by atoms with Gasteiger partial charge in [-0.3, -0.25) is 4.79 Å². The van der Waals surface area contributed by atoms with Crippen LogP contribution in [0, 0.1) is 0 Å². The minimum atomic E-state index is -1.42. The Morgan fingerprint density at radius 1 is 1.64 bits per heavy atom. The number of aliphatic hydroxyl groups is 1. The number of ether oxygens (including phenoxy) is 1. The van der Waals surface area contributed by atoms with Gasteiger partial charge < -0.3 is 15.6 Å². The molecule has 0 aliphatic rings. The number of hydrogen-bond donors (Lipinski definition) is 2. The summed E-state index contributed by atoms with van der Waals surface area (Å²) in [5, 5.41) is 8.84. The maximum absolute atomic E-state index is 10.6. The lowest BCUT2D eigenvalue weighted by Gasteiger charge is -2.06. The maximum atomic E-state index is 10.6. The molecule has 0 aromatic rings. The van der Waals surface area contributed by atoms with Crippen molar-refractivity contribution < 1.29 is 19.4 Å². The molecule has 0 aromatic carbocycles. The molecule has 3 N–H and O–H groups in total.